The molecule has 0 bridgehead atoms. The van der Waals surface area contributed by atoms with E-state index < -0.39 is 0 Å². The molecular weight excluding hydrogens is 445 g/mol. The van der Waals surface area contributed by atoms with Crippen LogP contribution in [0.5, 0.6) is 5.75 Å². The van der Waals surface area contributed by atoms with Crippen molar-refractivity contribution in [3.63, 3.8) is 0 Å². The minimum atomic E-state index is -0.0495. The number of piperazine rings is 1. The molecule has 0 spiro atoms. The molecule has 2 aromatic rings. The number of anilines is 2. The number of unbranched alkanes of at least 4 members (excludes halogenated alkanes) is 1. The summed E-state index contributed by atoms with van der Waals surface area (Å²) in [7, 11) is 0. The lowest BCUT2D eigenvalue weighted by Gasteiger charge is -2.36. The van der Waals surface area contributed by atoms with Gasteiger partial charge in [0.2, 0.25) is 0 Å². The van der Waals surface area contributed by atoms with Crippen LogP contribution in [0.1, 0.15) is 24.8 Å². The maximum Gasteiger partial charge on any atom is 0.121 e. The predicted octanol–water partition coefficient (Wildman–Crippen LogP) is 5.19. The molecule has 0 amide bonds. The van der Waals surface area contributed by atoms with E-state index in [0.717, 1.165) is 81.2 Å². The molecule has 1 fully saturated rings. The molecule has 2 aliphatic rings. The zero-order chi connectivity index (χ0) is 22.5. The first kappa shape index (κ1) is 23.2. The number of benzene rings is 2. The van der Waals surface area contributed by atoms with Gasteiger partial charge in [-0.05, 0) is 56.0 Å². The second-order valence-corrected chi connectivity index (χ2v) is 9.17. The number of nitrogens with zero attached hydrogens (tertiary/aromatic N) is 3. The largest absolute Gasteiger partial charge is 0.494 e. The maximum absolute atomic E-state index is 9.68. The second kappa shape index (κ2) is 10.8. The lowest BCUT2D eigenvalue weighted by atomic mass is 10.00. The van der Waals surface area contributed by atoms with Crippen molar-refractivity contribution in [1.82, 2.24) is 4.90 Å². The van der Waals surface area contributed by atoms with E-state index in [2.05, 4.69) is 22.4 Å². The number of allylic oxidation sites excluding steroid dienone is 1. The number of hydrogen-bond acceptors (Lipinski definition) is 5. The molecule has 1 saturated heterocycles. The number of aliphatic hydroxyl groups excluding tert-OH is 1. The number of aryl methyl sites for hydroxylation is 1. The van der Waals surface area contributed by atoms with Crippen molar-refractivity contribution >= 4 is 34.6 Å². The van der Waals surface area contributed by atoms with Gasteiger partial charge < -0.3 is 19.6 Å². The average molecular weight is 476 g/mol. The standard InChI is InChI=1S/C25H31Cl2N3O2/c1-19-7-8-20-9-10-21(17-24(20)30(19)18-31)32-16-3-2-11-28-12-14-29(15-13-28)23-6-4-5-22(26)25(23)27/h4-6,9-10,17,31H,1-3,7-8,11-16,18H2. The molecule has 0 saturated carbocycles. The van der Waals surface area contributed by atoms with Crippen LogP contribution in [-0.2, 0) is 6.42 Å². The van der Waals surface area contributed by atoms with Gasteiger partial charge in [-0.1, -0.05) is 41.9 Å². The lowest BCUT2D eigenvalue weighted by Crippen LogP contribution is -2.46. The Balaban J connectivity index is 1.18. The molecule has 2 aliphatic heterocycles. The van der Waals surface area contributed by atoms with Crippen LogP contribution in [0, 0.1) is 0 Å². The van der Waals surface area contributed by atoms with Gasteiger partial charge in [-0.2, -0.15) is 0 Å². The Kier molecular flexibility index (Phi) is 7.84. The third kappa shape index (κ3) is 5.34. The number of ether oxygens (including phenoxy) is 1. The molecule has 0 atom stereocenters. The topological polar surface area (TPSA) is 39.2 Å². The zero-order valence-electron chi connectivity index (χ0n) is 18.4. The molecule has 4 rings (SSSR count). The first-order valence-electron chi connectivity index (χ1n) is 11.3. The van der Waals surface area contributed by atoms with Crippen LogP contribution in [0.4, 0.5) is 11.4 Å². The summed E-state index contributed by atoms with van der Waals surface area (Å²) in [6.45, 7) is 9.73. The summed E-state index contributed by atoms with van der Waals surface area (Å²) in [5, 5.41) is 10.9. The third-order valence-electron chi connectivity index (χ3n) is 6.34. The zero-order valence-corrected chi connectivity index (χ0v) is 19.9. The summed E-state index contributed by atoms with van der Waals surface area (Å²) < 4.78 is 6.00. The van der Waals surface area contributed by atoms with Crippen LogP contribution in [0.3, 0.4) is 0 Å². The molecule has 32 heavy (non-hydrogen) atoms. The molecule has 1 N–H and O–H groups in total. The Bertz CT molecular complexity index is 945. The van der Waals surface area contributed by atoms with Crippen molar-refractivity contribution in [2.75, 3.05) is 55.9 Å². The highest BCUT2D eigenvalue weighted by molar-refractivity contribution is 6.43. The summed E-state index contributed by atoms with van der Waals surface area (Å²) in [4.78, 5) is 6.68. The van der Waals surface area contributed by atoms with Crippen molar-refractivity contribution < 1.29 is 9.84 Å². The van der Waals surface area contributed by atoms with Crippen LogP contribution >= 0.6 is 23.2 Å². The molecule has 0 aromatic heterocycles. The fraction of sp³-hybridized carbons (Fsp3) is 0.440. The highest BCUT2D eigenvalue weighted by Gasteiger charge is 2.21. The van der Waals surface area contributed by atoms with Crippen LogP contribution in [-0.4, -0.2) is 56.1 Å². The minimum Gasteiger partial charge on any atom is -0.494 e. The monoisotopic (exact) mass is 475 g/mol. The summed E-state index contributed by atoms with van der Waals surface area (Å²) in [5.74, 6) is 0.851. The smallest absolute Gasteiger partial charge is 0.121 e. The van der Waals surface area contributed by atoms with Crippen LogP contribution in [0.2, 0.25) is 10.0 Å². The molecule has 7 heteroatoms. The summed E-state index contributed by atoms with van der Waals surface area (Å²) >= 11 is 12.5. The quantitative estimate of drug-likeness (QED) is 0.531. The molecule has 2 heterocycles. The third-order valence-corrected chi connectivity index (χ3v) is 7.14. The van der Waals surface area contributed by atoms with Gasteiger partial charge in [-0.15, -0.1) is 0 Å². The number of aliphatic hydroxyl groups is 1. The van der Waals surface area contributed by atoms with E-state index in [1.807, 2.05) is 35.2 Å². The number of halogens is 2. The summed E-state index contributed by atoms with van der Waals surface area (Å²) in [5.41, 5.74) is 4.23. The van der Waals surface area contributed by atoms with Crippen molar-refractivity contribution in [2.45, 2.75) is 25.7 Å². The van der Waals surface area contributed by atoms with E-state index in [4.69, 9.17) is 27.9 Å². The number of fused-ring (bicyclic) bond motifs is 1. The molecule has 0 radical (unpaired) electrons. The van der Waals surface area contributed by atoms with Crippen molar-refractivity contribution in [3.05, 3.63) is 64.3 Å². The first-order valence-corrected chi connectivity index (χ1v) is 12.1. The highest BCUT2D eigenvalue weighted by atomic mass is 35.5. The van der Waals surface area contributed by atoms with Crippen LogP contribution in [0.15, 0.2) is 48.7 Å². The fourth-order valence-corrected chi connectivity index (χ4v) is 4.85. The van der Waals surface area contributed by atoms with E-state index in [-0.39, 0.29) is 6.73 Å². The van der Waals surface area contributed by atoms with Crippen molar-refractivity contribution in [1.29, 1.82) is 0 Å². The van der Waals surface area contributed by atoms with Gasteiger partial charge in [-0.25, -0.2) is 0 Å². The van der Waals surface area contributed by atoms with E-state index >= 15 is 0 Å². The van der Waals surface area contributed by atoms with E-state index in [9.17, 15) is 5.11 Å². The Labute approximate surface area is 200 Å². The molecule has 2 aromatic carbocycles. The summed E-state index contributed by atoms with van der Waals surface area (Å²) in [6, 6.07) is 12.0. The van der Waals surface area contributed by atoms with E-state index in [1.54, 1.807) is 0 Å². The van der Waals surface area contributed by atoms with Gasteiger partial charge in [0.1, 0.15) is 12.5 Å². The van der Waals surface area contributed by atoms with E-state index in [0.29, 0.717) is 16.7 Å². The number of rotatable bonds is 8. The second-order valence-electron chi connectivity index (χ2n) is 8.38. The van der Waals surface area contributed by atoms with Gasteiger partial charge in [0.15, 0.2) is 0 Å². The maximum atomic E-state index is 9.68. The van der Waals surface area contributed by atoms with Gasteiger partial charge in [-0.3, -0.25) is 4.90 Å². The lowest BCUT2D eigenvalue weighted by molar-refractivity contribution is 0.238. The van der Waals surface area contributed by atoms with Crippen molar-refractivity contribution in [3.8, 4) is 5.75 Å². The van der Waals surface area contributed by atoms with Gasteiger partial charge in [0.25, 0.3) is 0 Å². The first-order chi connectivity index (χ1) is 15.6. The fourth-order valence-electron chi connectivity index (χ4n) is 4.43. The predicted molar refractivity (Wildman–Crippen MR) is 133 cm³/mol. The Morgan fingerprint density at radius 2 is 1.78 bits per heavy atom. The minimum absolute atomic E-state index is 0.0495. The average Bonchev–Trinajstić information content (AvgIpc) is 2.81. The van der Waals surface area contributed by atoms with Crippen LogP contribution < -0.4 is 14.5 Å². The highest BCUT2D eigenvalue weighted by Crippen LogP contribution is 2.35. The van der Waals surface area contributed by atoms with Gasteiger partial charge >= 0.3 is 0 Å². The Morgan fingerprint density at radius 3 is 2.56 bits per heavy atom. The molecule has 172 valence electrons. The SMILES string of the molecule is C=C1CCc2ccc(OCCCCN3CCN(c4cccc(Cl)c4Cl)CC3)cc2N1CO. The Morgan fingerprint density at radius 1 is 0.969 bits per heavy atom. The molecular formula is C25H31Cl2N3O2. The van der Waals surface area contributed by atoms with Crippen LogP contribution in [0.25, 0.3) is 0 Å². The molecule has 0 aliphatic carbocycles. The van der Waals surface area contributed by atoms with Gasteiger partial charge in [0.05, 0.1) is 22.3 Å². The van der Waals surface area contributed by atoms with Crippen molar-refractivity contribution in [2.24, 2.45) is 0 Å². The normalized spacial score (nSPS) is 16.9. The number of hydrogen-bond donors (Lipinski definition) is 1. The van der Waals surface area contributed by atoms with E-state index in [1.165, 1.54) is 5.56 Å². The van der Waals surface area contributed by atoms with Gasteiger partial charge in [0, 0.05) is 43.6 Å². The molecule has 0 unspecified atom stereocenters. The Hall–Kier alpha value is -1.92. The molecule has 5 nitrogen and oxygen atoms in total. The summed E-state index contributed by atoms with van der Waals surface area (Å²) in [6.07, 6.45) is 3.95.